The van der Waals surface area contributed by atoms with Crippen LogP contribution in [0.2, 0.25) is 0 Å². The molecule has 1 amide bonds. The second-order valence-corrected chi connectivity index (χ2v) is 11.6. The number of rotatable bonds is 8. The fourth-order valence-electron chi connectivity index (χ4n) is 4.33. The number of anilines is 2. The maximum atomic E-state index is 12.5. The lowest BCUT2D eigenvalue weighted by molar-refractivity contribution is -0.138. The van der Waals surface area contributed by atoms with Gasteiger partial charge in [0.2, 0.25) is 0 Å². The summed E-state index contributed by atoms with van der Waals surface area (Å²) in [4.78, 5) is 12.5. The molecule has 3 aromatic rings. The van der Waals surface area contributed by atoms with Crippen molar-refractivity contribution in [3.8, 4) is 0 Å². The van der Waals surface area contributed by atoms with Gasteiger partial charge < -0.3 is 20.6 Å². The molecule has 3 aromatic carbocycles. The zero-order valence-electron chi connectivity index (χ0n) is 25.7. The van der Waals surface area contributed by atoms with Crippen molar-refractivity contribution in [3.63, 3.8) is 0 Å². The second-order valence-electron chi connectivity index (χ2n) is 11.6. The Labute approximate surface area is 247 Å². The summed E-state index contributed by atoms with van der Waals surface area (Å²) in [6.07, 6.45) is 7.26. The normalized spacial score (nSPS) is 14.3. The summed E-state index contributed by atoms with van der Waals surface area (Å²) in [5, 5.41) is 12.1. The monoisotopic (exact) mass is 561 g/mol. The highest BCUT2D eigenvalue weighted by molar-refractivity contribution is 5.94. The van der Waals surface area contributed by atoms with E-state index in [4.69, 9.17) is 4.74 Å². The Balaban J connectivity index is 0.000000338. The highest BCUT2D eigenvalue weighted by atomic mass is 16.5. The van der Waals surface area contributed by atoms with Gasteiger partial charge in [0, 0.05) is 30.4 Å². The predicted octanol–water partition coefficient (Wildman–Crippen LogP) is 7.82. The Morgan fingerprint density at radius 1 is 0.805 bits per heavy atom. The first-order chi connectivity index (χ1) is 19.7. The van der Waals surface area contributed by atoms with Crippen molar-refractivity contribution in [2.45, 2.75) is 97.3 Å². The van der Waals surface area contributed by atoms with E-state index in [0.717, 1.165) is 5.69 Å². The van der Waals surface area contributed by atoms with Crippen LogP contribution >= 0.6 is 0 Å². The van der Waals surface area contributed by atoms with Gasteiger partial charge in [0.25, 0.3) is 5.91 Å². The molecular formula is C35H51N3O3. The first-order valence-electron chi connectivity index (χ1n) is 14.9. The Morgan fingerprint density at radius 3 is 1.71 bits per heavy atom. The fraction of sp³-hybridized carbons (Fsp3) is 0.457. The predicted molar refractivity (Wildman–Crippen MR) is 172 cm³/mol. The van der Waals surface area contributed by atoms with Crippen LogP contribution in [-0.4, -0.2) is 35.4 Å². The van der Waals surface area contributed by atoms with Crippen molar-refractivity contribution >= 4 is 17.3 Å². The van der Waals surface area contributed by atoms with Crippen LogP contribution in [0.4, 0.5) is 11.4 Å². The van der Waals surface area contributed by atoms with Gasteiger partial charge in [-0.1, -0.05) is 97.5 Å². The summed E-state index contributed by atoms with van der Waals surface area (Å²) < 4.78 is 5.76. The van der Waals surface area contributed by atoms with Crippen molar-refractivity contribution < 1.29 is 14.6 Å². The van der Waals surface area contributed by atoms with E-state index < -0.39 is 11.7 Å². The van der Waals surface area contributed by atoms with Crippen molar-refractivity contribution in [1.29, 1.82) is 0 Å². The molecular weight excluding hydrogens is 510 g/mol. The number of hydrogen-bond acceptors (Lipinski definition) is 5. The number of hydrogen-bond donors (Lipinski definition) is 4. The van der Waals surface area contributed by atoms with Crippen LogP contribution < -0.4 is 16.2 Å². The number of carbonyl (C=O) groups excluding carboxylic acids is 1. The van der Waals surface area contributed by atoms with Crippen molar-refractivity contribution in [3.05, 3.63) is 96.1 Å². The molecule has 1 aliphatic carbocycles. The number of aliphatic hydroxyl groups is 1. The highest BCUT2D eigenvalue weighted by Crippen LogP contribution is 2.19. The van der Waals surface area contributed by atoms with Crippen LogP contribution in [0.15, 0.2) is 84.9 Å². The first kappa shape index (κ1) is 34.0. The average Bonchev–Trinajstić information content (AvgIpc) is 3.22. The number of aliphatic hydroxyl groups excluding tert-OH is 1. The van der Waals surface area contributed by atoms with Crippen LogP contribution in [0.1, 0.15) is 76.8 Å². The van der Waals surface area contributed by atoms with Crippen molar-refractivity contribution in [1.82, 2.24) is 5.43 Å². The number of nitrogens with one attached hydrogen (secondary N) is 3. The second kappa shape index (κ2) is 19.0. The molecule has 0 aliphatic heterocycles. The molecule has 1 aliphatic rings. The van der Waals surface area contributed by atoms with E-state index in [9.17, 15) is 9.90 Å². The molecule has 0 unspecified atom stereocenters. The summed E-state index contributed by atoms with van der Waals surface area (Å²) in [7, 11) is 0. The van der Waals surface area contributed by atoms with E-state index in [0.29, 0.717) is 11.7 Å². The van der Waals surface area contributed by atoms with Gasteiger partial charge in [0.15, 0.2) is 0 Å². The number of amides is 1. The lowest BCUT2D eigenvalue weighted by Crippen LogP contribution is -2.37. The molecule has 0 saturated heterocycles. The van der Waals surface area contributed by atoms with Gasteiger partial charge in [-0.3, -0.25) is 4.79 Å². The van der Waals surface area contributed by atoms with Crippen molar-refractivity contribution in [2.75, 3.05) is 17.3 Å². The zero-order valence-corrected chi connectivity index (χ0v) is 25.7. The number of benzene rings is 3. The Morgan fingerprint density at radius 2 is 1.29 bits per heavy atom. The Hall–Kier alpha value is -3.19. The maximum absolute atomic E-state index is 12.5. The van der Waals surface area contributed by atoms with Crippen LogP contribution in [0.25, 0.3) is 0 Å². The molecule has 0 heterocycles. The lowest BCUT2D eigenvalue weighted by Gasteiger charge is -2.26. The van der Waals surface area contributed by atoms with E-state index in [1.54, 1.807) is 0 Å². The van der Waals surface area contributed by atoms with Gasteiger partial charge in [0.05, 0.1) is 5.60 Å². The molecule has 4 rings (SSSR count). The Bertz CT molecular complexity index is 1040. The van der Waals surface area contributed by atoms with Crippen LogP contribution in [0.3, 0.4) is 0 Å². The third-order valence-electron chi connectivity index (χ3n) is 6.49. The molecule has 1 atom stereocenters. The maximum Gasteiger partial charge on any atom is 0.253 e. The third-order valence-corrected chi connectivity index (χ3v) is 6.49. The SMILES string of the molecule is CC(C)(C)O[C@H](CCO)C(=O)Nc1ccc(NNC2CCCCCC2)cc1.Cc1ccccc1.Cc1ccccc1. The van der Waals surface area contributed by atoms with Crippen LogP contribution in [0, 0.1) is 13.8 Å². The third kappa shape index (κ3) is 16.0. The van der Waals surface area contributed by atoms with Crippen LogP contribution in [-0.2, 0) is 9.53 Å². The molecule has 0 radical (unpaired) electrons. The van der Waals surface area contributed by atoms with E-state index in [1.807, 2.05) is 81.4 Å². The summed E-state index contributed by atoms with van der Waals surface area (Å²) in [6.45, 7) is 9.76. The number of hydrazine groups is 1. The van der Waals surface area contributed by atoms with E-state index >= 15 is 0 Å². The summed E-state index contributed by atoms with van der Waals surface area (Å²) in [5.41, 5.74) is 10.6. The molecule has 224 valence electrons. The topological polar surface area (TPSA) is 82.6 Å². The molecule has 1 saturated carbocycles. The van der Waals surface area contributed by atoms with Gasteiger partial charge >= 0.3 is 0 Å². The standard InChI is InChI=1S/C21H35N3O3.2C7H8/c1-21(2,3)27-19(14-15-25)20(26)22-16-10-12-18(13-11-16)24-23-17-8-6-4-5-7-9-17;2*1-7-5-3-2-4-6-7/h10-13,17,19,23-25H,4-9,14-15H2,1-3H3,(H,22,26);2*2-6H,1H3/t19-;;/m1../s1. The minimum atomic E-state index is -0.676. The quantitative estimate of drug-likeness (QED) is 0.166. The molecule has 1 fully saturated rings. The Kier molecular flexibility index (Phi) is 15.8. The number of ether oxygens (including phenoxy) is 1. The van der Waals surface area contributed by atoms with Crippen molar-refractivity contribution in [2.24, 2.45) is 0 Å². The van der Waals surface area contributed by atoms with Gasteiger partial charge in [-0.05, 0) is 71.7 Å². The van der Waals surface area contributed by atoms with Gasteiger partial charge in [-0.15, -0.1) is 0 Å². The summed E-state index contributed by atoms with van der Waals surface area (Å²) >= 11 is 0. The molecule has 4 N–H and O–H groups in total. The number of aryl methyl sites for hydroxylation is 2. The molecule has 6 nitrogen and oxygen atoms in total. The molecule has 0 aromatic heterocycles. The first-order valence-corrected chi connectivity index (χ1v) is 14.9. The smallest absolute Gasteiger partial charge is 0.253 e. The van der Waals surface area contributed by atoms with E-state index in [1.165, 1.54) is 49.7 Å². The molecule has 6 heteroatoms. The summed E-state index contributed by atoms with van der Waals surface area (Å²) in [6, 6.07) is 28.6. The molecule has 41 heavy (non-hydrogen) atoms. The highest BCUT2D eigenvalue weighted by Gasteiger charge is 2.25. The zero-order chi connectivity index (χ0) is 29.9. The minimum absolute atomic E-state index is 0.0934. The molecule has 0 bridgehead atoms. The minimum Gasteiger partial charge on any atom is -0.396 e. The van der Waals surface area contributed by atoms with Gasteiger partial charge in [0.1, 0.15) is 6.10 Å². The summed E-state index contributed by atoms with van der Waals surface area (Å²) in [5.74, 6) is -0.240. The lowest BCUT2D eigenvalue weighted by atomic mass is 10.1. The van der Waals surface area contributed by atoms with Gasteiger partial charge in [-0.25, -0.2) is 5.43 Å². The number of carbonyl (C=O) groups is 1. The molecule has 0 spiro atoms. The van der Waals surface area contributed by atoms with Crippen LogP contribution in [0.5, 0.6) is 0 Å². The van der Waals surface area contributed by atoms with E-state index in [-0.39, 0.29) is 18.9 Å². The van der Waals surface area contributed by atoms with E-state index in [2.05, 4.69) is 54.3 Å². The average molecular weight is 562 g/mol. The fourth-order valence-corrected chi connectivity index (χ4v) is 4.33. The largest absolute Gasteiger partial charge is 0.396 e. The van der Waals surface area contributed by atoms with Gasteiger partial charge in [-0.2, -0.15) is 0 Å².